The quantitative estimate of drug-likeness (QED) is 0.409. The minimum Gasteiger partial charge on any atom is -0.497 e. The zero-order chi connectivity index (χ0) is 24.9. The standard InChI is InChI=1S/C29H33N3O4/c1-35-24-7-8-26(23-16-30-19-31-17-23)28(14-24)32-11-9-20(10-12-32)18-36-25-4-2-3-22(13-25)27(15-29(33)34)21-5-6-21/h2-4,7-8,13-14,16-17,19-21,27H,5-6,9-12,15,18H2,1H3,(H,33,34). The number of rotatable bonds is 10. The van der Waals surface area contributed by atoms with Crippen LogP contribution in [0.3, 0.4) is 0 Å². The van der Waals surface area contributed by atoms with E-state index < -0.39 is 5.97 Å². The molecule has 188 valence electrons. The number of carboxylic acids is 1. The lowest BCUT2D eigenvalue weighted by Gasteiger charge is -2.35. The zero-order valence-electron chi connectivity index (χ0n) is 20.7. The molecule has 1 atom stereocenters. The first-order chi connectivity index (χ1) is 17.6. The molecule has 0 amide bonds. The van der Waals surface area contributed by atoms with E-state index in [0.717, 1.165) is 72.6 Å². The Morgan fingerprint density at radius 2 is 1.83 bits per heavy atom. The van der Waals surface area contributed by atoms with Gasteiger partial charge in [-0.1, -0.05) is 12.1 Å². The molecule has 7 nitrogen and oxygen atoms in total. The van der Waals surface area contributed by atoms with Crippen LogP contribution in [-0.2, 0) is 4.79 Å². The van der Waals surface area contributed by atoms with Crippen LogP contribution in [0.25, 0.3) is 11.1 Å². The number of aliphatic carboxylic acids is 1. The summed E-state index contributed by atoms with van der Waals surface area (Å²) < 4.78 is 11.7. The Balaban J connectivity index is 1.21. The maximum atomic E-state index is 11.4. The molecule has 1 saturated heterocycles. The van der Waals surface area contributed by atoms with E-state index >= 15 is 0 Å². The Morgan fingerprint density at radius 3 is 2.53 bits per heavy atom. The Kier molecular flexibility index (Phi) is 7.35. The van der Waals surface area contributed by atoms with Gasteiger partial charge in [0.25, 0.3) is 0 Å². The lowest BCUT2D eigenvalue weighted by atomic mass is 9.91. The average Bonchev–Trinajstić information content (AvgIpc) is 3.76. The molecule has 0 radical (unpaired) electrons. The van der Waals surface area contributed by atoms with Crippen molar-refractivity contribution in [1.82, 2.24) is 9.97 Å². The summed E-state index contributed by atoms with van der Waals surface area (Å²) >= 11 is 0. The number of carboxylic acid groups (broad SMARTS) is 1. The van der Waals surface area contributed by atoms with Gasteiger partial charge < -0.3 is 19.5 Å². The molecule has 2 fully saturated rings. The molecule has 0 spiro atoms. The number of piperidine rings is 1. The van der Waals surface area contributed by atoms with E-state index in [9.17, 15) is 9.90 Å². The minimum atomic E-state index is -0.732. The first-order valence-corrected chi connectivity index (χ1v) is 12.7. The summed E-state index contributed by atoms with van der Waals surface area (Å²) in [5, 5.41) is 9.33. The van der Waals surface area contributed by atoms with E-state index in [2.05, 4.69) is 27.0 Å². The van der Waals surface area contributed by atoms with Gasteiger partial charge in [0.05, 0.1) is 20.1 Å². The van der Waals surface area contributed by atoms with E-state index in [1.54, 1.807) is 13.4 Å². The molecule has 1 aliphatic carbocycles. The van der Waals surface area contributed by atoms with Crippen LogP contribution in [0.15, 0.2) is 61.2 Å². The molecule has 1 unspecified atom stereocenters. The van der Waals surface area contributed by atoms with Crippen molar-refractivity contribution >= 4 is 11.7 Å². The van der Waals surface area contributed by atoms with Gasteiger partial charge in [-0.15, -0.1) is 0 Å². The van der Waals surface area contributed by atoms with Crippen molar-refractivity contribution in [1.29, 1.82) is 0 Å². The number of hydrogen-bond acceptors (Lipinski definition) is 6. The summed E-state index contributed by atoms with van der Waals surface area (Å²) in [6, 6.07) is 14.2. The summed E-state index contributed by atoms with van der Waals surface area (Å²) in [5.74, 6) is 1.99. The first-order valence-electron chi connectivity index (χ1n) is 12.7. The van der Waals surface area contributed by atoms with Crippen molar-refractivity contribution in [2.45, 2.75) is 38.0 Å². The van der Waals surface area contributed by atoms with E-state index in [0.29, 0.717) is 18.4 Å². The molecule has 2 aliphatic rings. The molecule has 7 heteroatoms. The van der Waals surface area contributed by atoms with Crippen LogP contribution in [0.2, 0.25) is 0 Å². The highest BCUT2D eigenvalue weighted by molar-refractivity contribution is 5.79. The molecular formula is C29H33N3O4. The zero-order valence-corrected chi connectivity index (χ0v) is 20.7. The molecule has 3 aromatic rings. The maximum absolute atomic E-state index is 11.4. The van der Waals surface area contributed by atoms with E-state index in [1.165, 1.54) is 0 Å². The Bertz CT molecular complexity index is 1170. The molecule has 1 saturated carbocycles. The number of carbonyl (C=O) groups is 1. The summed E-state index contributed by atoms with van der Waals surface area (Å²) in [6.07, 6.45) is 9.73. The molecule has 1 aliphatic heterocycles. The van der Waals surface area contributed by atoms with Gasteiger partial charge in [-0.05, 0) is 73.3 Å². The van der Waals surface area contributed by atoms with E-state index in [-0.39, 0.29) is 12.3 Å². The summed E-state index contributed by atoms with van der Waals surface area (Å²) in [7, 11) is 1.69. The third kappa shape index (κ3) is 5.78. The predicted molar refractivity (Wildman–Crippen MR) is 139 cm³/mol. The molecule has 2 heterocycles. The van der Waals surface area contributed by atoms with Crippen LogP contribution >= 0.6 is 0 Å². The second-order valence-corrected chi connectivity index (χ2v) is 9.87. The van der Waals surface area contributed by atoms with Crippen molar-refractivity contribution in [3.05, 3.63) is 66.7 Å². The first kappa shape index (κ1) is 24.1. The van der Waals surface area contributed by atoms with Gasteiger partial charge in [-0.3, -0.25) is 4.79 Å². The number of hydrogen-bond donors (Lipinski definition) is 1. The van der Waals surface area contributed by atoms with Crippen molar-refractivity contribution in [2.75, 3.05) is 31.7 Å². The van der Waals surface area contributed by atoms with Crippen LogP contribution < -0.4 is 14.4 Å². The lowest BCUT2D eigenvalue weighted by Crippen LogP contribution is -2.35. The fourth-order valence-corrected chi connectivity index (χ4v) is 5.22. The maximum Gasteiger partial charge on any atom is 0.303 e. The molecule has 1 N–H and O–H groups in total. The summed E-state index contributed by atoms with van der Waals surface area (Å²) in [4.78, 5) is 22.1. The molecule has 36 heavy (non-hydrogen) atoms. The number of benzene rings is 2. The van der Waals surface area contributed by atoms with E-state index in [1.807, 2.05) is 42.7 Å². The van der Waals surface area contributed by atoms with Crippen molar-refractivity contribution in [3.8, 4) is 22.6 Å². The number of nitrogens with zero attached hydrogens (tertiary/aromatic N) is 3. The lowest BCUT2D eigenvalue weighted by molar-refractivity contribution is -0.137. The van der Waals surface area contributed by atoms with Crippen molar-refractivity contribution in [3.63, 3.8) is 0 Å². The van der Waals surface area contributed by atoms with Gasteiger partial charge in [0, 0.05) is 48.4 Å². The normalized spacial score (nSPS) is 17.0. The molecule has 2 aromatic carbocycles. The molecule has 5 rings (SSSR count). The highest BCUT2D eigenvalue weighted by Gasteiger charge is 2.34. The van der Waals surface area contributed by atoms with Crippen molar-refractivity contribution in [2.24, 2.45) is 11.8 Å². The summed E-state index contributed by atoms with van der Waals surface area (Å²) in [6.45, 7) is 2.54. The monoisotopic (exact) mass is 487 g/mol. The van der Waals surface area contributed by atoms with Gasteiger partial charge in [-0.25, -0.2) is 9.97 Å². The van der Waals surface area contributed by atoms with Crippen LogP contribution in [0.1, 0.15) is 43.6 Å². The van der Waals surface area contributed by atoms with Crippen molar-refractivity contribution < 1.29 is 19.4 Å². The van der Waals surface area contributed by atoms with Gasteiger partial charge >= 0.3 is 5.97 Å². The SMILES string of the molecule is COc1ccc(-c2cncnc2)c(N2CCC(COc3cccc(C(CC(=O)O)C4CC4)c3)CC2)c1. The van der Waals surface area contributed by atoms with Crippen LogP contribution in [-0.4, -0.2) is 47.8 Å². The largest absolute Gasteiger partial charge is 0.497 e. The number of ether oxygens (including phenoxy) is 2. The van der Waals surface area contributed by atoms with Crippen LogP contribution in [0, 0.1) is 11.8 Å². The van der Waals surface area contributed by atoms with Gasteiger partial charge in [-0.2, -0.15) is 0 Å². The highest BCUT2D eigenvalue weighted by atomic mass is 16.5. The average molecular weight is 488 g/mol. The van der Waals surface area contributed by atoms with Gasteiger partial charge in [0.2, 0.25) is 0 Å². The molecule has 0 bridgehead atoms. The fraction of sp³-hybridized carbons (Fsp3) is 0.414. The number of aromatic nitrogens is 2. The number of methoxy groups -OCH3 is 1. The molecular weight excluding hydrogens is 454 g/mol. The van der Waals surface area contributed by atoms with Crippen LogP contribution in [0.5, 0.6) is 11.5 Å². The van der Waals surface area contributed by atoms with Crippen LogP contribution in [0.4, 0.5) is 5.69 Å². The second-order valence-electron chi connectivity index (χ2n) is 9.87. The molecule has 1 aromatic heterocycles. The topological polar surface area (TPSA) is 84.8 Å². The Morgan fingerprint density at radius 1 is 1.06 bits per heavy atom. The Hall–Kier alpha value is -3.61. The Labute approximate surface area is 212 Å². The predicted octanol–water partition coefficient (Wildman–Crippen LogP) is 5.42. The third-order valence-corrected chi connectivity index (χ3v) is 7.39. The number of anilines is 1. The van der Waals surface area contributed by atoms with Gasteiger partial charge in [0.1, 0.15) is 17.8 Å². The smallest absolute Gasteiger partial charge is 0.303 e. The summed E-state index contributed by atoms with van der Waals surface area (Å²) in [5.41, 5.74) is 4.32. The highest BCUT2D eigenvalue weighted by Crippen LogP contribution is 2.45. The third-order valence-electron chi connectivity index (χ3n) is 7.39. The second kappa shape index (κ2) is 11.0. The minimum absolute atomic E-state index is 0.0846. The van der Waals surface area contributed by atoms with Gasteiger partial charge in [0.15, 0.2) is 0 Å². The fourth-order valence-electron chi connectivity index (χ4n) is 5.22. The van der Waals surface area contributed by atoms with E-state index in [4.69, 9.17) is 9.47 Å².